The molecule has 4 rings (SSSR count). The molecule has 3 heterocycles. The molecule has 0 aliphatic carbocycles. The molecule has 1 aromatic carbocycles. The highest BCUT2D eigenvalue weighted by Crippen LogP contribution is 2.24. The molecular weight excluding hydrogens is 394 g/mol. The number of aryl methyl sites for hydroxylation is 1. The number of thiazole rings is 1. The number of nitrogens with one attached hydrogen (secondary N) is 1. The summed E-state index contributed by atoms with van der Waals surface area (Å²) in [6, 6.07) is 8.89. The molecule has 9 heteroatoms. The van der Waals surface area contributed by atoms with E-state index in [9.17, 15) is 14.4 Å². The predicted molar refractivity (Wildman–Crippen MR) is 108 cm³/mol. The molecule has 0 spiro atoms. The van der Waals surface area contributed by atoms with Crippen LogP contribution >= 0.6 is 11.3 Å². The standard InChI is InChI=1S/C20H17N3O5S/c1-10-16(18(25)27-3)11(2)21-17(10)19(26)28-9-12-8-15(24)23-13-6-4-5-7-14(13)29-20(23)22-12/h4-8,21H,9H2,1-3H3. The molecule has 0 aliphatic rings. The van der Waals surface area contributed by atoms with Crippen molar-refractivity contribution in [2.45, 2.75) is 20.5 Å². The molecule has 148 valence electrons. The summed E-state index contributed by atoms with van der Waals surface area (Å²) >= 11 is 1.39. The summed E-state index contributed by atoms with van der Waals surface area (Å²) in [4.78, 5) is 44.7. The van der Waals surface area contributed by atoms with Crippen molar-refractivity contribution in [3.8, 4) is 0 Å². The third kappa shape index (κ3) is 3.19. The van der Waals surface area contributed by atoms with Crippen LogP contribution in [-0.4, -0.2) is 33.4 Å². The first-order valence-corrected chi connectivity index (χ1v) is 9.57. The van der Waals surface area contributed by atoms with E-state index in [-0.39, 0.29) is 17.9 Å². The fourth-order valence-corrected chi connectivity index (χ4v) is 4.32. The van der Waals surface area contributed by atoms with Gasteiger partial charge in [-0.25, -0.2) is 14.6 Å². The minimum Gasteiger partial charge on any atom is -0.465 e. The second kappa shape index (κ2) is 7.17. The van der Waals surface area contributed by atoms with Crippen molar-refractivity contribution in [1.82, 2.24) is 14.4 Å². The van der Waals surface area contributed by atoms with Crippen molar-refractivity contribution in [1.29, 1.82) is 0 Å². The highest BCUT2D eigenvalue weighted by molar-refractivity contribution is 7.23. The van der Waals surface area contributed by atoms with Crippen LogP contribution < -0.4 is 5.56 Å². The molecule has 3 aromatic heterocycles. The Morgan fingerprint density at radius 1 is 1.21 bits per heavy atom. The van der Waals surface area contributed by atoms with E-state index < -0.39 is 11.9 Å². The molecule has 0 aliphatic heterocycles. The quantitative estimate of drug-likeness (QED) is 0.518. The Labute approximate surface area is 168 Å². The number of rotatable bonds is 4. The summed E-state index contributed by atoms with van der Waals surface area (Å²) in [5.74, 6) is -1.17. The lowest BCUT2D eigenvalue weighted by molar-refractivity contribution is 0.0460. The van der Waals surface area contributed by atoms with Gasteiger partial charge in [-0.3, -0.25) is 9.20 Å². The van der Waals surface area contributed by atoms with Gasteiger partial charge in [-0.05, 0) is 31.5 Å². The lowest BCUT2D eigenvalue weighted by Crippen LogP contribution is -2.15. The maximum absolute atomic E-state index is 12.5. The van der Waals surface area contributed by atoms with Crippen LogP contribution in [0.25, 0.3) is 15.2 Å². The maximum Gasteiger partial charge on any atom is 0.355 e. The Morgan fingerprint density at radius 2 is 1.97 bits per heavy atom. The summed E-state index contributed by atoms with van der Waals surface area (Å²) in [6.07, 6.45) is 0. The van der Waals surface area contributed by atoms with Gasteiger partial charge in [0, 0.05) is 11.8 Å². The number of aromatic nitrogens is 3. The summed E-state index contributed by atoms with van der Waals surface area (Å²) in [7, 11) is 1.28. The summed E-state index contributed by atoms with van der Waals surface area (Å²) in [5.41, 5.74) is 2.35. The first-order valence-electron chi connectivity index (χ1n) is 8.75. The molecule has 0 bridgehead atoms. The van der Waals surface area contributed by atoms with Gasteiger partial charge in [0.25, 0.3) is 5.56 Å². The van der Waals surface area contributed by atoms with Gasteiger partial charge in [0.1, 0.15) is 12.3 Å². The Balaban J connectivity index is 1.60. The molecule has 0 saturated heterocycles. The average molecular weight is 411 g/mol. The van der Waals surface area contributed by atoms with Gasteiger partial charge in [-0.1, -0.05) is 23.5 Å². The number of ether oxygens (including phenoxy) is 2. The van der Waals surface area contributed by atoms with Crippen molar-refractivity contribution in [3.05, 3.63) is 68.9 Å². The molecular formula is C20H17N3O5S. The Kier molecular flexibility index (Phi) is 4.67. The van der Waals surface area contributed by atoms with Crippen LogP contribution in [0.2, 0.25) is 0 Å². The summed E-state index contributed by atoms with van der Waals surface area (Å²) in [5, 5.41) is 0. The van der Waals surface area contributed by atoms with Crippen LogP contribution in [-0.2, 0) is 16.1 Å². The molecule has 0 saturated carbocycles. The van der Waals surface area contributed by atoms with Crippen LogP contribution in [0.3, 0.4) is 0 Å². The Hall–Kier alpha value is -3.46. The molecule has 29 heavy (non-hydrogen) atoms. The fraction of sp³-hybridized carbons (Fsp3) is 0.200. The zero-order chi connectivity index (χ0) is 20.7. The van der Waals surface area contributed by atoms with Crippen LogP contribution in [0.15, 0.2) is 35.1 Å². The fourth-order valence-electron chi connectivity index (χ4n) is 3.27. The third-order valence-electron chi connectivity index (χ3n) is 4.63. The number of methoxy groups -OCH3 is 1. The zero-order valence-corrected chi connectivity index (χ0v) is 16.8. The van der Waals surface area contributed by atoms with Gasteiger partial charge in [0.15, 0.2) is 4.96 Å². The number of benzene rings is 1. The van der Waals surface area contributed by atoms with Gasteiger partial charge < -0.3 is 14.5 Å². The van der Waals surface area contributed by atoms with Crippen molar-refractivity contribution in [3.63, 3.8) is 0 Å². The number of fused-ring (bicyclic) bond motifs is 3. The number of H-pyrrole nitrogens is 1. The number of para-hydroxylation sites is 1. The van der Waals surface area contributed by atoms with Gasteiger partial charge in [-0.2, -0.15) is 0 Å². The van der Waals surface area contributed by atoms with E-state index in [2.05, 4.69) is 9.97 Å². The zero-order valence-electron chi connectivity index (χ0n) is 15.9. The van der Waals surface area contributed by atoms with E-state index in [0.717, 1.165) is 10.2 Å². The predicted octanol–water partition coefficient (Wildman–Crippen LogP) is 3.00. The van der Waals surface area contributed by atoms with E-state index in [0.29, 0.717) is 27.5 Å². The van der Waals surface area contributed by atoms with Gasteiger partial charge in [0.2, 0.25) is 0 Å². The second-order valence-corrected chi connectivity index (χ2v) is 7.48. The molecule has 0 radical (unpaired) electrons. The van der Waals surface area contributed by atoms with Crippen molar-refractivity contribution in [2.24, 2.45) is 0 Å². The SMILES string of the molecule is COC(=O)c1c(C)[nH]c(C(=O)OCc2cc(=O)n3c(n2)sc2ccccc23)c1C. The highest BCUT2D eigenvalue weighted by Gasteiger charge is 2.23. The smallest absolute Gasteiger partial charge is 0.355 e. The third-order valence-corrected chi connectivity index (χ3v) is 5.65. The van der Waals surface area contributed by atoms with Crippen LogP contribution in [0, 0.1) is 13.8 Å². The lowest BCUT2D eigenvalue weighted by atomic mass is 10.1. The monoisotopic (exact) mass is 411 g/mol. The average Bonchev–Trinajstić information content (AvgIpc) is 3.22. The lowest BCUT2D eigenvalue weighted by Gasteiger charge is -2.05. The van der Waals surface area contributed by atoms with E-state index >= 15 is 0 Å². The maximum atomic E-state index is 12.5. The second-order valence-electron chi connectivity index (χ2n) is 6.47. The first kappa shape index (κ1) is 18.9. The number of esters is 2. The summed E-state index contributed by atoms with van der Waals surface area (Å²) in [6.45, 7) is 3.15. The normalized spacial score (nSPS) is 11.1. The van der Waals surface area contributed by atoms with Gasteiger partial charge in [-0.15, -0.1) is 0 Å². The van der Waals surface area contributed by atoms with Crippen molar-refractivity contribution >= 4 is 38.5 Å². The van der Waals surface area contributed by atoms with Crippen molar-refractivity contribution < 1.29 is 19.1 Å². The van der Waals surface area contributed by atoms with Gasteiger partial charge in [0.05, 0.1) is 28.6 Å². The number of hydrogen-bond acceptors (Lipinski definition) is 7. The first-order chi connectivity index (χ1) is 13.9. The Bertz CT molecular complexity index is 1330. The van der Waals surface area contributed by atoms with Gasteiger partial charge >= 0.3 is 11.9 Å². The molecule has 0 amide bonds. The molecule has 4 aromatic rings. The molecule has 0 unspecified atom stereocenters. The number of nitrogens with zero attached hydrogens (tertiary/aromatic N) is 2. The largest absolute Gasteiger partial charge is 0.465 e. The minimum absolute atomic E-state index is 0.163. The number of aromatic amines is 1. The number of carbonyl (C=O) groups is 2. The Morgan fingerprint density at radius 3 is 2.72 bits per heavy atom. The summed E-state index contributed by atoms with van der Waals surface area (Å²) < 4.78 is 12.5. The van der Waals surface area contributed by atoms with E-state index in [1.807, 2.05) is 24.3 Å². The van der Waals surface area contributed by atoms with Crippen LogP contribution in [0.1, 0.15) is 37.8 Å². The molecule has 0 fully saturated rings. The topological polar surface area (TPSA) is 103 Å². The molecule has 0 atom stereocenters. The van der Waals surface area contributed by atoms with Crippen molar-refractivity contribution in [2.75, 3.05) is 7.11 Å². The highest BCUT2D eigenvalue weighted by atomic mass is 32.1. The van der Waals surface area contributed by atoms with Crippen LogP contribution in [0.4, 0.5) is 0 Å². The molecule has 1 N–H and O–H groups in total. The number of carbonyl (C=O) groups excluding carboxylic acids is 2. The molecule has 8 nitrogen and oxygen atoms in total. The number of hydrogen-bond donors (Lipinski definition) is 1. The van der Waals surface area contributed by atoms with E-state index in [1.54, 1.807) is 13.8 Å². The van der Waals surface area contributed by atoms with E-state index in [1.165, 1.54) is 28.9 Å². The van der Waals surface area contributed by atoms with Crippen LogP contribution in [0.5, 0.6) is 0 Å². The minimum atomic E-state index is -0.640. The van der Waals surface area contributed by atoms with E-state index in [4.69, 9.17) is 9.47 Å².